The van der Waals surface area contributed by atoms with E-state index in [2.05, 4.69) is 48.4 Å². The molecule has 0 spiro atoms. The van der Waals surface area contributed by atoms with Crippen molar-refractivity contribution in [2.45, 2.75) is 45.6 Å². The third-order valence-electron chi connectivity index (χ3n) is 4.84. The minimum Gasteiger partial charge on any atom is -0.310 e. The molecule has 1 saturated carbocycles. The van der Waals surface area contributed by atoms with Gasteiger partial charge in [-0.2, -0.15) is 0 Å². The van der Waals surface area contributed by atoms with Crippen LogP contribution < -0.4 is 5.32 Å². The highest BCUT2D eigenvalue weighted by Gasteiger charge is 2.37. The van der Waals surface area contributed by atoms with Gasteiger partial charge in [-0.1, -0.05) is 44.9 Å². The van der Waals surface area contributed by atoms with Gasteiger partial charge in [0.25, 0.3) is 0 Å². The van der Waals surface area contributed by atoms with Gasteiger partial charge in [0.2, 0.25) is 0 Å². The van der Waals surface area contributed by atoms with E-state index in [1.54, 1.807) is 0 Å². The summed E-state index contributed by atoms with van der Waals surface area (Å²) in [6.07, 6.45) is 7.25. The quantitative estimate of drug-likeness (QED) is 0.885. The zero-order chi connectivity index (χ0) is 14.0. The maximum Gasteiger partial charge on any atom is 0.0705 e. The molecule has 0 radical (unpaired) electrons. The van der Waals surface area contributed by atoms with Crippen LogP contribution in [0, 0.1) is 5.41 Å². The van der Waals surface area contributed by atoms with E-state index >= 15 is 0 Å². The SMILES string of the molecule is CCNC(c1cccc2ncccc12)C1(C)CCCC1. The Kier molecular flexibility index (Phi) is 3.75. The van der Waals surface area contributed by atoms with Crippen LogP contribution in [-0.4, -0.2) is 11.5 Å². The summed E-state index contributed by atoms with van der Waals surface area (Å²) in [5, 5.41) is 5.05. The third-order valence-corrected chi connectivity index (χ3v) is 4.84. The fraction of sp³-hybridized carbons (Fsp3) is 0.500. The topological polar surface area (TPSA) is 24.9 Å². The van der Waals surface area contributed by atoms with Crippen LogP contribution in [0.3, 0.4) is 0 Å². The van der Waals surface area contributed by atoms with E-state index in [0.29, 0.717) is 11.5 Å². The van der Waals surface area contributed by atoms with Gasteiger partial charge >= 0.3 is 0 Å². The molecule has 106 valence electrons. The Balaban J connectivity index is 2.09. The van der Waals surface area contributed by atoms with Crippen molar-refractivity contribution in [2.24, 2.45) is 5.41 Å². The van der Waals surface area contributed by atoms with Crippen molar-refractivity contribution in [3.05, 3.63) is 42.1 Å². The van der Waals surface area contributed by atoms with E-state index < -0.39 is 0 Å². The Bertz CT molecular complexity index is 579. The van der Waals surface area contributed by atoms with Crippen LogP contribution >= 0.6 is 0 Å². The molecule has 1 aliphatic carbocycles. The van der Waals surface area contributed by atoms with Crippen molar-refractivity contribution in [1.82, 2.24) is 10.3 Å². The van der Waals surface area contributed by atoms with Crippen LogP contribution in [-0.2, 0) is 0 Å². The predicted molar refractivity (Wildman–Crippen MR) is 84.7 cm³/mol. The Morgan fingerprint density at radius 1 is 1.20 bits per heavy atom. The molecule has 0 bridgehead atoms. The molecule has 1 heterocycles. The molecule has 2 heteroatoms. The average molecular weight is 268 g/mol. The Labute approximate surface area is 121 Å². The van der Waals surface area contributed by atoms with Gasteiger partial charge in [0.15, 0.2) is 0 Å². The van der Waals surface area contributed by atoms with Crippen LogP contribution in [0.25, 0.3) is 10.9 Å². The lowest BCUT2D eigenvalue weighted by atomic mass is 9.76. The highest BCUT2D eigenvalue weighted by Crippen LogP contribution is 2.48. The van der Waals surface area contributed by atoms with Crippen molar-refractivity contribution >= 4 is 10.9 Å². The van der Waals surface area contributed by atoms with Gasteiger partial charge in [-0.05, 0) is 42.5 Å². The third kappa shape index (κ3) is 2.33. The molecule has 1 aliphatic rings. The molecule has 1 unspecified atom stereocenters. The molecular formula is C18H24N2. The molecule has 1 fully saturated rings. The van der Waals surface area contributed by atoms with Crippen molar-refractivity contribution in [1.29, 1.82) is 0 Å². The van der Waals surface area contributed by atoms with Crippen LogP contribution in [0.4, 0.5) is 0 Å². The molecule has 1 aromatic carbocycles. The molecule has 0 amide bonds. The summed E-state index contributed by atoms with van der Waals surface area (Å²) in [4.78, 5) is 4.51. The van der Waals surface area contributed by atoms with Crippen LogP contribution in [0.5, 0.6) is 0 Å². The zero-order valence-corrected chi connectivity index (χ0v) is 12.5. The number of pyridine rings is 1. The first kappa shape index (κ1) is 13.6. The normalized spacial score (nSPS) is 19.3. The van der Waals surface area contributed by atoms with Crippen LogP contribution in [0.1, 0.15) is 51.1 Å². The van der Waals surface area contributed by atoms with Gasteiger partial charge in [0.05, 0.1) is 5.52 Å². The van der Waals surface area contributed by atoms with Crippen molar-refractivity contribution in [3.63, 3.8) is 0 Å². The number of hydrogen-bond donors (Lipinski definition) is 1. The van der Waals surface area contributed by atoms with E-state index in [1.807, 2.05) is 12.3 Å². The van der Waals surface area contributed by atoms with Gasteiger partial charge < -0.3 is 5.32 Å². The van der Waals surface area contributed by atoms with Gasteiger partial charge in [-0.15, -0.1) is 0 Å². The summed E-state index contributed by atoms with van der Waals surface area (Å²) in [6.45, 7) is 5.66. The van der Waals surface area contributed by atoms with Crippen molar-refractivity contribution < 1.29 is 0 Å². The second-order valence-electron chi connectivity index (χ2n) is 6.27. The lowest BCUT2D eigenvalue weighted by Gasteiger charge is -2.35. The molecule has 1 aromatic heterocycles. The maximum atomic E-state index is 4.51. The minimum absolute atomic E-state index is 0.375. The van der Waals surface area contributed by atoms with Crippen LogP contribution in [0.15, 0.2) is 36.5 Å². The fourth-order valence-electron chi connectivity index (χ4n) is 3.79. The number of fused-ring (bicyclic) bond motifs is 1. The number of hydrogen-bond acceptors (Lipinski definition) is 2. The molecule has 1 N–H and O–H groups in total. The number of aromatic nitrogens is 1. The van der Waals surface area contributed by atoms with E-state index in [4.69, 9.17) is 0 Å². The minimum atomic E-state index is 0.375. The Hall–Kier alpha value is -1.41. The summed E-state index contributed by atoms with van der Waals surface area (Å²) >= 11 is 0. The molecule has 1 atom stereocenters. The van der Waals surface area contributed by atoms with Gasteiger partial charge in [-0.3, -0.25) is 4.98 Å². The van der Waals surface area contributed by atoms with Gasteiger partial charge in [0.1, 0.15) is 0 Å². The van der Waals surface area contributed by atoms with Gasteiger partial charge in [-0.25, -0.2) is 0 Å². The summed E-state index contributed by atoms with van der Waals surface area (Å²) < 4.78 is 0. The summed E-state index contributed by atoms with van der Waals surface area (Å²) in [5.41, 5.74) is 2.90. The monoisotopic (exact) mass is 268 g/mol. The molecule has 0 aliphatic heterocycles. The fourth-order valence-corrected chi connectivity index (χ4v) is 3.79. The van der Waals surface area contributed by atoms with E-state index in [1.165, 1.54) is 36.6 Å². The largest absolute Gasteiger partial charge is 0.310 e. The maximum absolute atomic E-state index is 4.51. The van der Waals surface area contributed by atoms with E-state index in [-0.39, 0.29) is 0 Å². The number of rotatable bonds is 4. The molecule has 2 aromatic rings. The first-order valence-corrected chi connectivity index (χ1v) is 7.81. The molecular weight excluding hydrogens is 244 g/mol. The highest BCUT2D eigenvalue weighted by molar-refractivity contribution is 5.82. The number of nitrogens with one attached hydrogen (secondary N) is 1. The second kappa shape index (κ2) is 5.53. The summed E-state index contributed by atoms with van der Waals surface area (Å²) in [6, 6.07) is 11.2. The molecule has 0 saturated heterocycles. The highest BCUT2D eigenvalue weighted by atomic mass is 14.9. The number of nitrogens with zero attached hydrogens (tertiary/aromatic N) is 1. The van der Waals surface area contributed by atoms with E-state index in [9.17, 15) is 0 Å². The molecule has 3 rings (SSSR count). The average Bonchev–Trinajstić information content (AvgIpc) is 2.92. The molecule has 2 nitrogen and oxygen atoms in total. The smallest absolute Gasteiger partial charge is 0.0705 e. The lowest BCUT2D eigenvalue weighted by molar-refractivity contribution is 0.227. The van der Waals surface area contributed by atoms with Crippen LogP contribution in [0.2, 0.25) is 0 Å². The van der Waals surface area contributed by atoms with E-state index in [0.717, 1.165) is 12.1 Å². The zero-order valence-electron chi connectivity index (χ0n) is 12.5. The standard InChI is InChI=1S/C18H24N2/c1-3-19-17(18(2)11-4-5-12-18)15-8-6-10-16-14(15)9-7-13-20-16/h6-10,13,17,19H,3-5,11-12H2,1-2H3. The van der Waals surface area contributed by atoms with Crippen molar-refractivity contribution in [2.75, 3.05) is 6.54 Å². The molecule has 20 heavy (non-hydrogen) atoms. The van der Waals surface area contributed by atoms with Crippen molar-refractivity contribution in [3.8, 4) is 0 Å². The first-order chi connectivity index (χ1) is 9.74. The lowest BCUT2D eigenvalue weighted by Crippen LogP contribution is -2.34. The van der Waals surface area contributed by atoms with Gasteiger partial charge in [0, 0.05) is 17.6 Å². The summed E-state index contributed by atoms with van der Waals surface area (Å²) in [5.74, 6) is 0. The second-order valence-corrected chi connectivity index (χ2v) is 6.27. The Morgan fingerprint density at radius 2 is 2.00 bits per heavy atom. The predicted octanol–water partition coefficient (Wildman–Crippen LogP) is 4.47. The summed E-state index contributed by atoms with van der Waals surface area (Å²) in [7, 11) is 0. The Morgan fingerprint density at radius 3 is 2.75 bits per heavy atom. The number of benzene rings is 1. The first-order valence-electron chi connectivity index (χ1n) is 7.81.